The van der Waals surface area contributed by atoms with Gasteiger partial charge in [-0.25, -0.2) is 0 Å². The number of halogens is 1. The van der Waals surface area contributed by atoms with Crippen LogP contribution in [0.2, 0.25) is 0 Å². The molecule has 2 aromatic carbocycles. The molecule has 2 nitrogen and oxygen atoms in total. The van der Waals surface area contributed by atoms with Crippen molar-refractivity contribution in [3.05, 3.63) is 58.1 Å². The van der Waals surface area contributed by atoms with E-state index in [0.717, 1.165) is 28.0 Å². The molecule has 0 aliphatic carbocycles. The Morgan fingerprint density at radius 2 is 1.74 bits per heavy atom. The van der Waals surface area contributed by atoms with E-state index in [4.69, 9.17) is 10.5 Å². The first-order chi connectivity index (χ1) is 9.10. The van der Waals surface area contributed by atoms with Gasteiger partial charge in [0, 0.05) is 10.5 Å². The lowest BCUT2D eigenvalue weighted by atomic mass is 10.1. The summed E-state index contributed by atoms with van der Waals surface area (Å²) in [5.74, 6) is 1.65. The summed E-state index contributed by atoms with van der Waals surface area (Å²) in [6.45, 7) is 4.10. The molecular formula is C16H18BrNO. The molecule has 0 aliphatic rings. The van der Waals surface area contributed by atoms with Gasteiger partial charge in [0.05, 0.1) is 0 Å². The lowest BCUT2D eigenvalue weighted by Crippen LogP contribution is -2.05. The predicted octanol–water partition coefficient (Wildman–Crippen LogP) is 4.82. The van der Waals surface area contributed by atoms with E-state index in [1.807, 2.05) is 37.3 Å². The number of rotatable bonds is 4. The molecule has 0 saturated heterocycles. The van der Waals surface area contributed by atoms with E-state index in [9.17, 15) is 0 Å². The van der Waals surface area contributed by atoms with E-state index in [2.05, 4.69) is 35.0 Å². The molecule has 0 bridgehead atoms. The van der Waals surface area contributed by atoms with Crippen molar-refractivity contribution >= 4 is 15.9 Å². The molecule has 2 N–H and O–H groups in total. The highest BCUT2D eigenvalue weighted by atomic mass is 79.9. The van der Waals surface area contributed by atoms with Crippen molar-refractivity contribution in [2.45, 2.75) is 26.3 Å². The second kappa shape index (κ2) is 6.22. The largest absolute Gasteiger partial charge is 0.457 e. The minimum absolute atomic E-state index is 0.00672. The molecule has 0 unspecified atom stereocenters. The van der Waals surface area contributed by atoms with Crippen LogP contribution in [-0.2, 0) is 6.42 Å². The number of ether oxygens (including phenoxy) is 1. The average molecular weight is 320 g/mol. The van der Waals surface area contributed by atoms with E-state index in [1.165, 1.54) is 5.56 Å². The van der Waals surface area contributed by atoms with Crippen LogP contribution in [0.3, 0.4) is 0 Å². The zero-order valence-corrected chi connectivity index (χ0v) is 12.8. The third-order valence-electron chi connectivity index (χ3n) is 3.03. The van der Waals surface area contributed by atoms with Gasteiger partial charge in [-0.3, -0.25) is 0 Å². The Morgan fingerprint density at radius 3 is 2.26 bits per heavy atom. The maximum absolute atomic E-state index is 5.88. The topological polar surface area (TPSA) is 35.2 Å². The van der Waals surface area contributed by atoms with E-state index in [1.54, 1.807) is 0 Å². The lowest BCUT2D eigenvalue weighted by Gasteiger charge is -2.11. The molecule has 0 saturated carbocycles. The van der Waals surface area contributed by atoms with Crippen LogP contribution in [0.15, 0.2) is 46.9 Å². The monoisotopic (exact) mass is 319 g/mol. The molecule has 2 rings (SSSR count). The zero-order valence-electron chi connectivity index (χ0n) is 11.2. The molecule has 0 fully saturated rings. The van der Waals surface area contributed by atoms with Crippen molar-refractivity contribution in [1.29, 1.82) is 0 Å². The molecule has 0 aromatic heterocycles. The SMILES string of the molecule is CCc1ccc(Oc2ccc([C@H](C)N)c(Br)c2)cc1. The van der Waals surface area contributed by atoms with E-state index >= 15 is 0 Å². The van der Waals surface area contributed by atoms with Gasteiger partial charge in [-0.05, 0) is 48.7 Å². The molecule has 1 atom stereocenters. The Labute approximate surface area is 122 Å². The number of nitrogens with two attached hydrogens (primary N) is 1. The molecule has 19 heavy (non-hydrogen) atoms. The first kappa shape index (κ1) is 14.1. The van der Waals surface area contributed by atoms with Crippen molar-refractivity contribution < 1.29 is 4.74 Å². The predicted molar refractivity (Wildman–Crippen MR) is 82.6 cm³/mol. The number of hydrogen-bond acceptors (Lipinski definition) is 2. The van der Waals surface area contributed by atoms with E-state index in [-0.39, 0.29) is 6.04 Å². The summed E-state index contributed by atoms with van der Waals surface area (Å²) < 4.78 is 6.80. The number of benzene rings is 2. The molecule has 0 radical (unpaired) electrons. The second-order valence-corrected chi connectivity index (χ2v) is 5.43. The molecular weight excluding hydrogens is 302 g/mol. The van der Waals surface area contributed by atoms with Crippen molar-refractivity contribution in [1.82, 2.24) is 0 Å². The van der Waals surface area contributed by atoms with Crippen LogP contribution in [0.25, 0.3) is 0 Å². The Hall–Kier alpha value is -1.32. The van der Waals surface area contributed by atoms with Crippen LogP contribution in [0.1, 0.15) is 31.0 Å². The minimum atomic E-state index is 0.00672. The summed E-state index contributed by atoms with van der Waals surface area (Å²) >= 11 is 3.52. The Bertz CT molecular complexity index is 549. The maximum Gasteiger partial charge on any atom is 0.128 e. The molecule has 3 heteroatoms. The highest BCUT2D eigenvalue weighted by molar-refractivity contribution is 9.10. The quantitative estimate of drug-likeness (QED) is 0.876. The van der Waals surface area contributed by atoms with Gasteiger partial charge < -0.3 is 10.5 Å². The summed E-state index contributed by atoms with van der Waals surface area (Å²) in [4.78, 5) is 0. The van der Waals surface area contributed by atoms with Crippen molar-refractivity contribution in [2.24, 2.45) is 5.73 Å². The van der Waals surface area contributed by atoms with Gasteiger partial charge in [0.15, 0.2) is 0 Å². The number of hydrogen-bond donors (Lipinski definition) is 1. The first-order valence-corrected chi connectivity index (χ1v) is 7.21. The first-order valence-electron chi connectivity index (χ1n) is 6.42. The van der Waals surface area contributed by atoms with Gasteiger partial charge in [0.2, 0.25) is 0 Å². The highest BCUT2D eigenvalue weighted by Gasteiger charge is 2.06. The van der Waals surface area contributed by atoms with Crippen molar-refractivity contribution in [3.63, 3.8) is 0 Å². The van der Waals surface area contributed by atoms with E-state index < -0.39 is 0 Å². The smallest absolute Gasteiger partial charge is 0.128 e. The van der Waals surface area contributed by atoms with Gasteiger partial charge in [-0.2, -0.15) is 0 Å². The van der Waals surface area contributed by atoms with Crippen LogP contribution < -0.4 is 10.5 Å². The highest BCUT2D eigenvalue weighted by Crippen LogP contribution is 2.29. The average Bonchev–Trinajstić information content (AvgIpc) is 2.39. The Balaban J connectivity index is 2.16. The summed E-state index contributed by atoms with van der Waals surface area (Å²) in [7, 11) is 0. The Kier molecular flexibility index (Phi) is 4.61. The molecule has 0 spiro atoms. The minimum Gasteiger partial charge on any atom is -0.457 e. The molecule has 2 aromatic rings. The van der Waals surface area contributed by atoms with Gasteiger partial charge in [0.25, 0.3) is 0 Å². The van der Waals surface area contributed by atoms with Crippen LogP contribution >= 0.6 is 15.9 Å². The summed E-state index contributed by atoms with van der Waals surface area (Å²) in [5, 5.41) is 0. The second-order valence-electron chi connectivity index (χ2n) is 4.57. The third kappa shape index (κ3) is 3.58. The van der Waals surface area contributed by atoms with Crippen molar-refractivity contribution in [3.8, 4) is 11.5 Å². The summed E-state index contributed by atoms with van der Waals surface area (Å²) in [5.41, 5.74) is 8.26. The van der Waals surface area contributed by atoms with Gasteiger partial charge in [-0.1, -0.05) is 41.1 Å². The molecule has 0 heterocycles. The maximum atomic E-state index is 5.88. The molecule has 100 valence electrons. The van der Waals surface area contributed by atoms with Crippen molar-refractivity contribution in [2.75, 3.05) is 0 Å². The van der Waals surface area contributed by atoms with Crippen LogP contribution in [0.5, 0.6) is 11.5 Å². The lowest BCUT2D eigenvalue weighted by molar-refractivity contribution is 0.481. The fraction of sp³-hybridized carbons (Fsp3) is 0.250. The molecule has 0 amide bonds. The standard InChI is InChI=1S/C16H18BrNO/c1-3-12-4-6-13(7-5-12)19-14-8-9-15(11(2)18)16(17)10-14/h4-11H,3,18H2,1-2H3/t11-/m0/s1. The normalized spacial score (nSPS) is 12.2. The van der Waals surface area contributed by atoms with Crippen LogP contribution in [0.4, 0.5) is 0 Å². The van der Waals surface area contributed by atoms with Gasteiger partial charge >= 0.3 is 0 Å². The Morgan fingerprint density at radius 1 is 1.11 bits per heavy atom. The van der Waals surface area contributed by atoms with Gasteiger partial charge in [-0.15, -0.1) is 0 Å². The third-order valence-corrected chi connectivity index (χ3v) is 3.72. The fourth-order valence-corrected chi connectivity index (χ4v) is 2.59. The van der Waals surface area contributed by atoms with E-state index in [0.29, 0.717) is 0 Å². The van der Waals surface area contributed by atoms with Crippen LogP contribution in [-0.4, -0.2) is 0 Å². The van der Waals surface area contributed by atoms with Crippen LogP contribution in [0, 0.1) is 0 Å². The number of aryl methyl sites for hydroxylation is 1. The zero-order chi connectivity index (χ0) is 13.8. The summed E-state index contributed by atoms with van der Waals surface area (Å²) in [6.07, 6.45) is 1.04. The fourth-order valence-electron chi connectivity index (χ4n) is 1.87. The van der Waals surface area contributed by atoms with Gasteiger partial charge in [0.1, 0.15) is 11.5 Å². The summed E-state index contributed by atoms with van der Waals surface area (Å²) in [6, 6.07) is 14.0. The molecule has 0 aliphatic heterocycles.